The molecule has 4 rings (SSSR count). The van der Waals surface area contributed by atoms with E-state index < -0.39 is 40.8 Å². The summed E-state index contributed by atoms with van der Waals surface area (Å²) in [6, 6.07) is 15.2. The van der Waals surface area contributed by atoms with Crippen LogP contribution in [0.3, 0.4) is 0 Å². The Hall–Kier alpha value is -2.44. The van der Waals surface area contributed by atoms with Crippen molar-refractivity contribution in [1.29, 1.82) is 5.26 Å². The van der Waals surface area contributed by atoms with Crippen LogP contribution in [0.15, 0.2) is 71.2 Å². The first-order valence-electron chi connectivity index (χ1n) is 11.5. The van der Waals surface area contributed by atoms with Gasteiger partial charge in [0.15, 0.2) is 0 Å². The standard InChI is InChI=1S/C25H22AsClFN2O6PS2/c27-6-10-35-23-15-24-19(12-22(23)36-11-9-30-7-2-1-3-8-30)13-25(38-24)39(33,34)26-17-37(31,32)20-5-4-18(16-29)21(28)14-20/h1-5,7-8,12-15,26H,6,9-11,17H2. The van der Waals surface area contributed by atoms with Crippen LogP contribution in [0.1, 0.15) is 5.56 Å². The Balaban J connectivity index is 1.53. The van der Waals surface area contributed by atoms with E-state index in [0.29, 0.717) is 34.7 Å². The summed E-state index contributed by atoms with van der Waals surface area (Å²) in [6.45, 7) is 1.16. The molecular weight excluding hydrogens is 649 g/mol. The number of halogens is 2. The summed E-state index contributed by atoms with van der Waals surface area (Å²) in [5, 5.41) is 9.13. The van der Waals surface area contributed by atoms with Crippen molar-refractivity contribution >= 4 is 68.4 Å². The van der Waals surface area contributed by atoms with Crippen LogP contribution >= 0.6 is 30.3 Å². The summed E-state index contributed by atoms with van der Waals surface area (Å²) in [6.07, 6.45) is 3.82. The number of benzene rings is 2. The second-order valence-electron chi connectivity index (χ2n) is 8.16. The van der Waals surface area contributed by atoms with Gasteiger partial charge in [-0.1, -0.05) is 6.07 Å². The quantitative estimate of drug-likeness (QED) is 0.0984. The molecule has 2 atom stereocenters. The van der Waals surface area contributed by atoms with Gasteiger partial charge in [-0.15, -0.1) is 0 Å². The van der Waals surface area contributed by atoms with Gasteiger partial charge in [0.25, 0.3) is 0 Å². The van der Waals surface area contributed by atoms with Gasteiger partial charge in [-0.3, -0.25) is 0 Å². The molecule has 0 spiro atoms. The average molecular weight is 671 g/mol. The topological polar surface area (TPSA) is 120 Å². The first-order chi connectivity index (χ1) is 18.6. The van der Waals surface area contributed by atoms with Gasteiger partial charge in [0.1, 0.15) is 0 Å². The fourth-order valence-electron chi connectivity index (χ4n) is 3.51. The number of nitriles is 1. The molecule has 4 aromatic rings. The summed E-state index contributed by atoms with van der Waals surface area (Å²) >= 11 is 4.74. The summed E-state index contributed by atoms with van der Waals surface area (Å²) < 4.78 is 67.2. The van der Waals surface area contributed by atoms with Gasteiger partial charge in [0, 0.05) is 0 Å². The molecule has 2 heterocycles. The first-order valence-corrected chi connectivity index (χ1v) is 20.2. The zero-order valence-electron chi connectivity index (χ0n) is 20.2. The molecule has 2 aromatic heterocycles. The third kappa shape index (κ3) is 7.40. The molecule has 2 aromatic carbocycles. The Labute approximate surface area is 239 Å². The molecule has 8 nitrogen and oxygen atoms in total. The van der Waals surface area contributed by atoms with Crippen molar-refractivity contribution in [3.05, 3.63) is 78.4 Å². The molecular formula is C25H22AsClFN2O6PS2. The SMILES string of the molecule is N#Cc1ccc(P(=O)([O-])C[AsH]S(=O)(=O)c2cc3cc(OCC[n+]4ccccc4)c(OCCCl)cc3s2)cc1F. The van der Waals surface area contributed by atoms with Crippen LogP contribution in [0.4, 0.5) is 4.39 Å². The van der Waals surface area contributed by atoms with Gasteiger partial charge in [-0.05, 0) is 0 Å². The summed E-state index contributed by atoms with van der Waals surface area (Å²) in [4.78, 5) is 12.1. The molecule has 0 N–H and O–H groups in total. The number of aromatic nitrogens is 1. The van der Waals surface area contributed by atoms with E-state index in [2.05, 4.69) is 0 Å². The molecule has 0 aliphatic heterocycles. The molecule has 0 saturated carbocycles. The third-order valence-electron chi connectivity index (χ3n) is 5.47. The number of hydrogen-bond donors (Lipinski definition) is 0. The number of thiophene rings is 1. The fraction of sp³-hybridized carbons (Fsp3) is 0.200. The van der Waals surface area contributed by atoms with Crippen LogP contribution in [0.5, 0.6) is 11.5 Å². The van der Waals surface area contributed by atoms with E-state index in [1.54, 1.807) is 18.2 Å². The van der Waals surface area contributed by atoms with Gasteiger partial charge >= 0.3 is 235 Å². The minimum absolute atomic E-state index is 0.0452. The van der Waals surface area contributed by atoms with Gasteiger partial charge in [-0.25, -0.2) is 0 Å². The molecule has 0 amide bonds. The van der Waals surface area contributed by atoms with Crippen molar-refractivity contribution in [3.63, 3.8) is 0 Å². The number of hydrogen-bond acceptors (Lipinski definition) is 8. The molecule has 0 aliphatic carbocycles. The summed E-state index contributed by atoms with van der Waals surface area (Å²) in [7, 11) is -8.26. The van der Waals surface area contributed by atoms with Crippen LogP contribution < -0.4 is 24.2 Å². The molecule has 14 heteroatoms. The van der Waals surface area contributed by atoms with Crippen molar-refractivity contribution in [2.45, 2.75) is 10.8 Å². The maximum absolute atomic E-state index is 13.9. The average Bonchev–Trinajstić information content (AvgIpc) is 3.35. The molecule has 204 valence electrons. The molecule has 39 heavy (non-hydrogen) atoms. The van der Waals surface area contributed by atoms with Gasteiger partial charge in [0.05, 0.1) is 0 Å². The Kier molecular flexibility index (Phi) is 9.71. The van der Waals surface area contributed by atoms with Crippen LogP contribution in [0, 0.1) is 17.1 Å². The molecule has 0 radical (unpaired) electrons. The number of rotatable bonds is 12. The fourth-order valence-corrected chi connectivity index (χ4v) is 18.2. The van der Waals surface area contributed by atoms with E-state index in [4.69, 9.17) is 26.3 Å². The predicted molar refractivity (Wildman–Crippen MR) is 148 cm³/mol. The van der Waals surface area contributed by atoms with Crippen molar-refractivity contribution in [3.8, 4) is 17.6 Å². The van der Waals surface area contributed by atoms with Crippen LogP contribution in [-0.4, -0.2) is 47.1 Å². The predicted octanol–water partition coefficient (Wildman–Crippen LogP) is 2.94. The zero-order valence-corrected chi connectivity index (χ0v) is 25.6. The Morgan fingerprint density at radius 2 is 1.82 bits per heavy atom. The third-order valence-corrected chi connectivity index (χ3v) is 20.2. The maximum atomic E-state index is 13.9. The van der Waals surface area contributed by atoms with Crippen LogP contribution in [-0.2, 0) is 19.2 Å². The molecule has 2 unspecified atom stereocenters. The first kappa shape index (κ1) is 29.5. The van der Waals surface area contributed by atoms with E-state index in [1.807, 2.05) is 35.2 Å². The zero-order chi connectivity index (χ0) is 28.0. The molecule has 0 aliphatic rings. The van der Waals surface area contributed by atoms with E-state index >= 15 is 0 Å². The van der Waals surface area contributed by atoms with E-state index in [1.165, 1.54) is 6.07 Å². The van der Waals surface area contributed by atoms with Crippen LogP contribution in [0.2, 0.25) is 0 Å². The molecule has 0 bridgehead atoms. The number of pyridine rings is 1. The monoisotopic (exact) mass is 670 g/mol. The Bertz CT molecular complexity index is 1680. The minimum atomic E-state index is -4.39. The number of fused-ring (bicyclic) bond motifs is 1. The van der Waals surface area contributed by atoms with Crippen molar-refractivity contribution in [2.75, 3.05) is 24.0 Å². The summed E-state index contributed by atoms with van der Waals surface area (Å²) in [5.74, 6) is 0.153. The van der Waals surface area contributed by atoms with Crippen LogP contribution in [0.25, 0.3) is 10.1 Å². The second kappa shape index (κ2) is 12.8. The van der Waals surface area contributed by atoms with Crippen molar-refractivity contribution in [1.82, 2.24) is 0 Å². The molecule has 0 saturated heterocycles. The normalized spacial score (nSPS) is 13.4. The van der Waals surface area contributed by atoms with E-state index in [9.17, 15) is 22.3 Å². The van der Waals surface area contributed by atoms with Crippen molar-refractivity contribution < 1.29 is 36.3 Å². The molecule has 0 fully saturated rings. The Morgan fingerprint density at radius 3 is 2.51 bits per heavy atom. The number of ether oxygens (including phenoxy) is 2. The van der Waals surface area contributed by atoms with Gasteiger partial charge in [-0.2, -0.15) is 0 Å². The van der Waals surface area contributed by atoms with Crippen molar-refractivity contribution in [2.24, 2.45) is 0 Å². The van der Waals surface area contributed by atoms with E-state index in [-0.39, 0.29) is 27.6 Å². The number of alkyl halides is 1. The number of nitrogens with zero attached hydrogens (tertiary/aromatic N) is 2. The second-order valence-corrected chi connectivity index (χ2v) is 21.0. The Morgan fingerprint density at radius 1 is 1.10 bits per heavy atom. The van der Waals surface area contributed by atoms with Gasteiger partial charge in [0.2, 0.25) is 0 Å². The van der Waals surface area contributed by atoms with E-state index in [0.717, 1.165) is 29.5 Å². The van der Waals surface area contributed by atoms with Gasteiger partial charge < -0.3 is 0 Å². The summed E-state index contributed by atoms with van der Waals surface area (Å²) in [5.41, 5.74) is -0.288.